The van der Waals surface area contributed by atoms with Gasteiger partial charge < -0.3 is 36.2 Å². The van der Waals surface area contributed by atoms with Gasteiger partial charge in [0, 0.05) is 22.1 Å². The smallest absolute Gasteiger partial charge is 0.337 e. The Morgan fingerprint density at radius 3 is 1.57 bits per heavy atom. The molecule has 0 fully saturated rings. The van der Waals surface area contributed by atoms with Gasteiger partial charge in [0.2, 0.25) is 34.4 Å². The van der Waals surface area contributed by atoms with E-state index >= 15 is 0 Å². The number of phenolic OH excluding ortho intramolecular Hbond substituents is 2. The highest BCUT2D eigenvalue weighted by Gasteiger charge is 2.26. The van der Waals surface area contributed by atoms with E-state index in [4.69, 9.17) is 27.9 Å². The van der Waals surface area contributed by atoms with E-state index in [9.17, 15) is 53.9 Å². The predicted molar refractivity (Wildman–Crippen MR) is 297 cm³/mol. The van der Waals surface area contributed by atoms with Crippen molar-refractivity contribution in [3.63, 3.8) is 0 Å². The van der Waals surface area contributed by atoms with E-state index in [1.807, 2.05) is 0 Å². The molecule has 0 unspecified atom stereocenters. The second-order valence-corrected chi connectivity index (χ2v) is 22.2. The Morgan fingerprint density at radius 1 is 0.519 bits per heavy atom. The summed E-state index contributed by atoms with van der Waals surface area (Å²) >= 11 is 12.8. The molecule has 0 aliphatic carbocycles. The Morgan fingerprint density at radius 2 is 1.01 bits per heavy atom. The minimum absolute atomic E-state index is 0.0291. The fourth-order valence-corrected chi connectivity index (χ4v) is 10.2. The zero-order valence-electron chi connectivity index (χ0n) is 41.8. The van der Waals surface area contributed by atoms with Crippen LogP contribution < -0.4 is 21.3 Å². The van der Waals surface area contributed by atoms with Crippen molar-refractivity contribution in [2.75, 3.05) is 28.4 Å². The average molecular weight is 1200 g/mol. The molecule has 414 valence electrons. The molecule has 7 aromatic carbocycles. The number of benzene rings is 7. The number of nitrogens with zero attached hydrogens (tertiary/aromatic N) is 10. The Hall–Kier alpha value is -9.14. The molecule has 32 heteroatoms. The molecular weight excluding hydrogens is 1160 g/mol. The van der Waals surface area contributed by atoms with Crippen LogP contribution >= 0.6 is 23.2 Å². The van der Waals surface area contributed by atoms with Gasteiger partial charge in [-0.2, -0.15) is 60.3 Å². The number of nitrogens with one attached hydrogen (secondary N) is 4. The summed E-state index contributed by atoms with van der Waals surface area (Å²) < 4.78 is 109. The number of hydrogen-bond acceptors (Lipinski definition) is 24. The third-order valence-electron chi connectivity index (χ3n) is 11.6. The summed E-state index contributed by atoms with van der Waals surface area (Å²) in [5, 5.41) is 50.5. The van der Waals surface area contributed by atoms with Crippen LogP contribution in [0.3, 0.4) is 0 Å². The number of aromatic nitrogens is 6. The lowest BCUT2D eigenvalue weighted by Gasteiger charge is -2.16. The summed E-state index contributed by atoms with van der Waals surface area (Å²) in [6.07, 6.45) is 0. The lowest BCUT2D eigenvalue weighted by molar-refractivity contribution is 0.0600. The molecular formula is C49H38Cl2N14O13S3. The third kappa shape index (κ3) is 12.7. The fraction of sp³-hybridized carbons (Fsp3) is 0.0816. The molecule has 0 aliphatic rings. The molecule has 0 saturated carbocycles. The van der Waals surface area contributed by atoms with Gasteiger partial charge in [-0.25, -0.2) is 4.79 Å². The van der Waals surface area contributed by atoms with E-state index < -0.39 is 73.5 Å². The molecule has 0 saturated heterocycles. The van der Waals surface area contributed by atoms with Gasteiger partial charge in [-0.15, -0.1) is 15.3 Å². The van der Waals surface area contributed by atoms with E-state index in [2.05, 4.69) is 71.6 Å². The highest BCUT2D eigenvalue weighted by Crippen LogP contribution is 2.47. The molecule has 0 atom stereocenters. The zero-order valence-corrected chi connectivity index (χ0v) is 45.7. The van der Waals surface area contributed by atoms with Crippen molar-refractivity contribution in [3.8, 4) is 11.5 Å². The summed E-state index contributed by atoms with van der Waals surface area (Å²) in [4.78, 5) is 36.4. The van der Waals surface area contributed by atoms with Crippen molar-refractivity contribution in [3.05, 3.63) is 136 Å². The van der Waals surface area contributed by atoms with E-state index in [1.165, 1.54) is 49.4 Å². The normalized spacial score (nSPS) is 12.1. The minimum Gasteiger partial charge on any atom is -0.505 e. The largest absolute Gasteiger partial charge is 0.505 e. The molecule has 0 amide bonds. The van der Waals surface area contributed by atoms with Gasteiger partial charge in [0.25, 0.3) is 30.4 Å². The van der Waals surface area contributed by atoms with Gasteiger partial charge in [0.15, 0.2) is 11.5 Å². The molecule has 9 rings (SSSR count). The van der Waals surface area contributed by atoms with Gasteiger partial charge in [0.1, 0.15) is 26.9 Å². The number of ether oxygens (including phenoxy) is 1. The van der Waals surface area contributed by atoms with E-state index in [0.29, 0.717) is 16.8 Å². The van der Waals surface area contributed by atoms with Gasteiger partial charge in [-0.05, 0) is 138 Å². The Labute approximate surface area is 468 Å². The number of aromatic hydroxyl groups is 2. The molecule has 0 bridgehead atoms. The second kappa shape index (κ2) is 22.2. The van der Waals surface area contributed by atoms with E-state index in [0.717, 1.165) is 31.4 Å². The summed E-state index contributed by atoms with van der Waals surface area (Å²) in [5.41, 5.74) is 0.878. The molecule has 2 aromatic heterocycles. The Bertz CT molecular complexity index is 4520. The first-order valence-corrected chi connectivity index (χ1v) is 28.0. The number of halogens is 2. The number of esters is 1. The summed E-state index contributed by atoms with van der Waals surface area (Å²) in [5.74, 6) is -3.13. The maximum absolute atomic E-state index is 13.1. The molecule has 0 aliphatic heterocycles. The number of carbonyl (C=O) groups is 1. The molecule has 2 heterocycles. The van der Waals surface area contributed by atoms with Crippen LogP contribution in [-0.4, -0.2) is 92.1 Å². The highest BCUT2D eigenvalue weighted by molar-refractivity contribution is 7.86. The van der Waals surface area contributed by atoms with Crippen LogP contribution in [0.1, 0.15) is 27.0 Å². The molecule has 81 heavy (non-hydrogen) atoms. The average Bonchev–Trinajstić information content (AvgIpc) is 3.50. The van der Waals surface area contributed by atoms with Crippen LogP contribution in [-0.2, 0) is 35.1 Å². The van der Waals surface area contributed by atoms with E-state index in [-0.39, 0.29) is 95.9 Å². The highest BCUT2D eigenvalue weighted by atomic mass is 35.5. The van der Waals surface area contributed by atoms with Crippen LogP contribution in [0.5, 0.6) is 11.5 Å². The Balaban J connectivity index is 1.04. The van der Waals surface area contributed by atoms with Crippen LogP contribution in [0, 0.1) is 20.8 Å². The summed E-state index contributed by atoms with van der Waals surface area (Å²) in [6.45, 7) is 4.92. The van der Waals surface area contributed by atoms with Crippen LogP contribution in [0.4, 0.5) is 69.3 Å². The molecule has 9 N–H and O–H groups in total. The second-order valence-electron chi connectivity index (χ2n) is 17.3. The first-order valence-electron chi connectivity index (χ1n) is 22.9. The maximum atomic E-state index is 13.1. The lowest BCUT2D eigenvalue weighted by Crippen LogP contribution is -2.08. The molecule has 0 spiro atoms. The van der Waals surface area contributed by atoms with Crippen molar-refractivity contribution in [2.45, 2.75) is 35.5 Å². The number of rotatable bonds is 16. The molecule has 27 nitrogen and oxygen atoms in total. The van der Waals surface area contributed by atoms with Gasteiger partial charge in [-0.3, -0.25) is 13.7 Å². The number of aryl methyl sites for hydroxylation is 3. The number of azo groups is 2. The van der Waals surface area contributed by atoms with Crippen LogP contribution in [0.25, 0.3) is 21.5 Å². The first kappa shape index (κ1) is 56.6. The van der Waals surface area contributed by atoms with Crippen molar-refractivity contribution < 1.29 is 58.7 Å². The lowest BCUT2D eigenvalue weighted by atomic mass is 10.0. The predicted octanol–water partition coefficient (Wildman–Crippen LogP) is 11.3. The summed E-state index contributed by atoms with van der Waals surface area (Å²) in [7, 11) is -13.5. The van der Waals surface area contributed by atoms with Gasteiger partial charge in [-0.1, -0.05) is 36.4 Å². The molecule has 9 aromatic rings. The quantitative estimate of drug-likeness (QED) is 0.0246. The minimum atomic E-state index is -4.96. The standard InChI is InChI=1S/C49H38Cl2N14O13S3/c1-22-13-25-19-36(81(75,76)77)40(65-62-31-10-6-5-9-23(31)2)42(67)37(25)33(14-22)54-48-58-44(50)56-46(60-48)52-28-16-27(43(68)78-4)17-29(20-28)53-47-57-45(51)59-49(61-47)55-34-21-30(79(69,70)71)18-26-15-24(3)39(41(66)38(26)34)64-63-32-11-7-8-12-35(32)80(72,73)74/h5-21,66-67H,1-4H3,(H,69,70,71)(H,72,73,74)(H,75,76,77)(H2,52,54,56,58,60)(H2,53,55,57,59,61). The Kier molecular flexibility index (Phi) is 15.5. The number of fused-ring (bicyclic) bond motifs is 2. The van der Waals surface area contributed by atoms with Crippen molar-refractivity contribution in [2.24, 2.45) is 20.5 Å². The van der Waals surface area contributed by atoms with Crippen molar-refractivity contribution in [1.82, 2.24) is 29.9 Å². The van der Waals surface area contributed by atoms with Crippen LogP contribution in [0.2, 0.25) is 10.6 Å². The van der Waals surface area contributed by atoms with Crippen molar-refractivity contribution in [1.29, 1.82) is 0 Å². The number of hydrogen-bond donors (Lipinski definition) is 9. The fourth-order valence-electron chi connectivity index (χ4n) is 8.10. The summed E-state index contributed by atoms with van der Waals surface area (Å²) in [6, 6.07) is 23.8. The van der Waals surface area contributed by atoms with Gasteiger partial charge in [0.05, 0.1) is 34.6 Å². The maximum Gasteiger partial charge on any atom is 0.337 e. The first-order chi connectivity index (χ1) is 38.2. The number of carbonyl (C=O) groups excluding carboxylic acids is 1. The van der Waals surface area contributed by atoms with Crippen molar-refractivity contribution >= 4 is 150 Å². The number of methoxy groups -OCH3 is 1. The van der Waals surface area contributed by atoms with Gasteiger partial charge >= 0.3 is 5.97 Å². The monoisotopic (exact) mass is 1200 g/mol. The van der Waals surface area contributed by atoms with Crippen LogP contribution in [0.15, 0.2) is 138 Å². The zero-order chi connectivity index (χ0) is 58.3. The van der Waals surface area contributed by atoms with E-state index in [1.54, 1.807) is 50.2 Å². The third-order valence-corrected chi connectivity index (χ3v) is 14.5. The number of anilines is 8. The number of phenols is 2. The SMILES string of the molecule is COC(=O)c1cc(Nc2nc(Cl)nc(Nc3cc(S(=O)(=O)O)cc4cc(C)c(N=Nc5ccccc5S(=O)(=O)O)c(O)c34)n2)cc(Nc2nc(Cl)nc(Nc3cc(C)cc4cc(S(=O)(=O)O)c(N=Nc5ccccc5C)c(O)c34)n2)c1. The topological polar surface area (TPSA) is 405 Å². The molecule has 0 radical (unpaired) electrons.